The molecule has 6 nitrogen and oxygen atoms in total. The van der Waals surface area contributed by atoms with Crippen LogP contribution in [0.2, 0.25) is 0 Å². The van der Waals surface area contributed by atoms with Crippen LogP contribution in [0.25, 0.3) is 0 Å². The Morgan fingerprint density at radius 3 is 2.44 bits per heavy atom. The number of alkyl halides is 3. The molecule has 1 aliphatic rings. The van der Waals surface area contributed by atoms with Crippen molar-refractivity contribution in [2.45, 2.75) is 30.9 Å². The predicted molar refractivity (Wildman–Crippen MR) is 89.3 cm³/mol. The van der Waals surface area contributed by atoms with Crippen molar-refractivity contribution in [2.75, 3.05) is 20.1 Å². The molecule has 0 radical (unpaired) electrons. The zero-order valence-corrected chi connectivity index (χ0v) is 15.2. The third-order valence-corrected chi connectivity index (χ3v) is 5.73. The van der Waals surface area contributed by atoms with Gasteiger partial charge in [-0.2, -0.15) is 17.5 Å². The van der Waals surface area contributed by atoms with Crippen LogP contribution in [-0.4, -0.2) is 50.4 Å². The second-order valence-corrected chi connectivity index (χ2v) is 7.86. The molecule has 12 heteroatoms. The van der Waals surface area contributed by atoms with Gasteiger partial charge in [0.2, 0.25) is 0 Å². The fourth-order valence-corrected chi connectivity index (χ4v) is 3.62. The van der Waals surface area contributed by atoms with Gasteiger partial charge in [-0.3, -0.25) is 4.99 Å². The number of nitrogens with one attached hydrogen (secondary N) is 2. The highest BCUT2D eigenvalue weighted by molar-refractivity contribution is 7.90. The second-order valence-electron chi connectivity index (χ2n) is 5.93. The quantitative estimate of drug-likeness (QED) is 0.449. The van der Waals surface area contributed by atoms with Crippen LogP contribution in [0.1, 0.15) is 18.4 Å². The standard InChI is InChI=1S/C15H19F5N4O2S/c1-21-14(22-9-10-8-11(16)2-3-13(10)17)23-12-4-6-24(7-5-12)27(25,26)15(18,19)20/h2-3,8,12H,4-7,9H2,1H3,(H2,21,22,23). The van der Waals surface area contributed by atoms with E-state index in [2.05, 4.69) is 15.6 Å². The number of nitrogens with zero attached hydrogens (tertiary/aromatic N) is 2. The van der Waals surface area contributed by atoms with Crippen LogP contribution >= 0.6 is 0 Å². The molecule has 0 saturated carbocycles. The molecule has 1 saturated heterocycles. The Morgan fingerprint density at radius 2 is 1.89 bits per heavy atom. The van der Waals surface area contributed by atoms with Crippen LogP contribution in [0.5, 0.6) is 0 Å². The first-order valence-electron chi connectivity index (χ1n) is 8.02. The zero-order valence-electron chi connectivity index (χ0n) is 14.4. The molecule has 1 aromatic rings. The number of sulfonamides is 1. The van der Waals surface area contributed by atoms with Crippen molar-refractivity contribution in [1.82, 2.24) is 14.9 Å². The van der Waals surface area contributed by atoms with Crippen molar-refractivity contribution in [2.24, 2.45) is 4.99 Å². The summed E-state index contributed by atoms with van der Waals surface area (Å²) in [5, 5.41) is 5.73. The summed E-state index contributed by atoms with van der Waals surface area (Å²) in [4.78, 5) is 3.92. The highest BCUT2D eigenvalue weighted by Crippen LogP contribution is 2.28. The number of halogens is 5. The van der Waals surface area contributed by atoms with Gasteiger partial charge < -0.3 is 10.6 Å². The average molecular weight is 414 g/mol. The number of hydrogen-bond donors (Lipinski definition) is 2. The van der Waals surface area contributed by atoms with Gasteiger partial charge in [0.15, 0.2) is 5.96 Å². The Balaban J connectivity index is 1.89. The lowest BCUT2D eigenvalue weighted by atomic mass is 10.1. The van der Waals surface area contributed by atoms with Gasteiger partial charge in [0.1, 0.15) is 11.6 Å². The summed E-state index contributed by atoms with van der Waals surface area (Å²) in [5.41, 5.74) is -5.23. The van der Waals surface area contributed by atoms with E-state index in [-0.39, 0.29) is 50.0 Å². The molecule has 27 heavy (non-hydrogen) atoms. The minimum atomic E-state index is -5.33. The summed E-state index contributed by atoms with van der Waals surface area (Å²) in [5.74, 6) is -0.935. The second kappa shape index (κ2) is 8.38. The Bertz CT molecular complexity index is 790. The normalized spacial score (nSPS) is 17.8. The van der Waals surface area contributed by atoms with Crippen LogP contribution in [0.15, 0.2) is 23.2 Å². The van der Waals surface area contributed by atoms with E-state index in [4.69, 9.17) is 0 Å². The van der Waals surface area contributed by atoms with E-state index in [0.29, 0.717) is 4.31 Å². The number of hydrogen-bond acceptors (Lipinski definition) is 3. The lowest BCUT2D eigenvalue weighted by molar-refractivity contribution is -0.0494. The maximum atomic E-state index is 13.6. The molecular formula is C15H19F5N4O2S. The Kier molecular flexibility index (Phi) is 6.63. The van der Waals surface area contributed by atoms with Gasteiger partial charge in [0.05, 0.1) is 0 Å². The van der Waals surface area contributed by atoms with E-state index in [9.17, 15) is 30.4 Å². The molecule has 0 unspecified atom stereocenters. The van der Waals surface area contributed by atoms with Crippen LogP contribution in [0.4, 0.5) is 22.0 Å². The molecule has 1 aromatic carbocycles. The number of benzene rings is 1. The highest BCUT2D eigenvalue weighted by atomic mass is 32.2. The Hall–Kier alpha value is -1.95. The van der Waals surface area contributed by atoms with E-state index < -0.39 is 27.2 Å². The molecule has 0 spiro atoms. The molecule has 1 fully saturated rings. The minimum Gasteiger partial charge on any atom is -0.354 e. The summed E-state index contributed by atoms with van der Waals surface area (Å²) >= 11 is 0. The summed E-state index contributed by atoms with van der Waals surface area (Å²) in [7, 11) is -3.88. The van der Waals surface area contributed by atoms with Crippen molar-refractivity contribution in [3.8, 4) is 0 Å². The summed E-state index contributed by atoms with van der Waals surface area (Å²) in [6, 6.07) is 2.72. The Morgan fingerprint density at radius 1 is 1.26 bits per heavy atom. The topological polar surface area (TPSA) is 73.8 Å². The monoisotopic (exact) mass is 414 g/mol. The van der Waals surface area contributed by atoms with Crippen LogP contribution in [0.3, 0.4) is 0 Å². The lowest BCUT2D eigenvalue weighted by Gasteiger charge is -2.32. The molecule has 1 heterocycles. The first-order chi connectivity index (χ1) is 12.5. The maximum Gasteiger partial charge on any atom is 0.511 e. The minimum absolute atomic E-state index is 0.0510. The third kappa shape index (κ3) is 5.28. The van der Waals surface area contributed by atoms with Crippen molar-refractivity contribution >= 4 is 16.0 Å². The van der Waals surface area contributed by atoms with Gasteiger partial charge in [-0.15, -0.1) is 0 Å². The molecule has 152 valence electrons. The fourth-order valence-electron chi connectivity index (χ4n) is 2.63. The maximum absolute atomic E-state index is 13.6. The van der Waals surface area contributed by atoms with E-state index in [1.807, 2.05) is 0 Å². The first kappa shape index (κ1) is 21.4. The van der Waals surface area contributed by atoms with E-state index in [0.717, 1.165) is 18.2 Å². The molecule has 2 rings (SSSR count). The number of piperidine rings is 1. The lowest BCUT2D eigenvalue weighted by Crippen LogP contribution is -2.51. The van der Waals surface area contributed by atoms with Gasteiger partial charge >= 0.3 is 15.5 Å². The zero-order chi connectivity index (χ0) is 20.2. The van der Waals surface area contributed by atoms with Gasteiger partial charge in [-0.05, 0) is 31.0 Å². The van der Waals surface area contributed by atoms with Crippen molar-refractivity contribution in [3.05, 3.63) is 35.4 Å². The molecule has 0 amide bonds. The van der Waals surface area contributed by atoms with Gasteiger partial charge in [0, 0.05) is 38.3 Å². The Labute approximate surface area is 153 Å². The number of guanidine groups is 1. The summed E-state index contributed by atoms with van der Waals surface area (Å²) in [6.45, 7) is -0.616. The largest absolute Gasteiger partial charge is 0.511 e. The van der Waals surface area contributed by atoms with E-state index in [1.54, 1.807) is 0 Å². The molecule has 1 aliphatic heterocycles. The van der Waals surface area contributed by atoms with Crippen molar-refractivity contribution in [1.29, 1.82) is 0 Å². The summed E-state index contributed by atoms with van der Waals surface area (Å²) in [6.07, 6.45) is 0.286. The van der Waals surface area contributed by atoms with Gasteiger partial charge in [-0.25, -0.2) is 17.2 Å². The van der Waals surface area contributed by atoms with Crippen LogP contribution < -0.4 is 10.6 Å². The van der Waals surface area contributed by atoms with E-state index >= 15 is 0 Å². The van der Waals surface area contributed by atoms with Crippen molar-refractivity contribution < 1.29 is 30.4 Å². The molecule has 2 N–H and O–H groups in total. The third-order valence-electron chi connectivity index (χ3n) is 4.10. The van der Waals surface area contributed by atoms with Crippen LogP contribution in [0, 0.1) is 11.6 Å². The molecular weight excluding hydrogens is 395 g/mol. The van der Waals surface area contributed by atoms with Gasteiger partial charge in [0.25, 0.3) is 0 Å². The molecule has 0 atom stereocenters. The molecule has 0 bridgehead atoms. The highest BCUT2D eigenvalue weighted by Gasteiger charge is 2.50. The first-order valence-corrected chi connectivity index (χ1v) is 9.46. The smallest absolute Gasteiger partial charge is 0.354 e. The summed E-state index contributed by atoms with van der Waals surface area (Å²) < 4.78 is 87.7. The van der Waals surface area contributed by atoms with E-state index in [1.165, 1.54) is 7.05 Å². The predicted octanol–water partition coefficient (Wildman–Crippen LogP) is 1.94. The van der Waals surface area contributed by atoms with Crippen LogP contribution in [-0.2, 0) is 16.6 Å². The SMILES string of the molecule is CN=C(NCc1cc(F)ccc1F)NC1CCN(S(=O)(=O)C(F)(F)F)CC1. The van der Waals surface area contributed by atoms with Crippen molar-refractivity contribution in [3.63, 3.8) is 0 Å². The molecule has 0 aliphatic carbocycles. The van der Waals surface area contributed by atoms with Gasteiger partial charge in [-0.1, -0.05) is 0 Å². The number of aliphatic imine (C=N–C) groups is 1. The molecule has 0 aromatic heterocycles. The number of rotatable bonds is 4. The average Bonchev–Trinajstić information content (AvgIpc) is 2.60. The fraction of sp³-hybridized carbons (Fsp3) is 0.533.